The lowest BCUT2D eigenvalue weighted by Crippen LogP contribution is -2.64. The molecule has 0 aliphatic carbocycles. The van der Waals surface area contributed by atoms with Crippen LogP contribution < -0.4 is 10.1 Å². The highest BCUT2D eigenvalue weighted by atomic mass is 32.1. The van der Waals surface area contributed by atoms with Gasteiger partial charge in [-0.15, -0.1) is 5.10 Å². The Balaban J connectivity index is 1.37. The lowest BCUT2D eigenvalue weighted by molar-refractivity contribution is -0.0136. The predicted molar refractivity (Wildman–Crippen MR) is 121 cm³/mol. The van der Waals surface area contributed by atoms with Crippen LogP contribution in [-0.4, -0.2) is 48.4 Å². The molecule has 5 rings (SSSR count). The number of halogens is 1. The Labute approximate surface area is 190 Å². The summed E-state index contributed by atoms with van der Waals surface area (Å²) in [7, 11) is 0. The summed E-state index contributed by atoms with van der Waals surface area (Å²) in [6, 6.07) is 7.16. The summed E-state index contributed by atoms with van der Waals surface area (Å²) in [6.07, 6.45) is 1.37. The van der Waals surface area contributed by atoms with Gasteiger partial charge >= 0.3 is 0 Å². The maximum absolute atomic E-state index is 15.4. The van der Waals surface area contributed by atoms with Gasteiger partial charge in [-0.25, -0.2) is 9.07 Å². The number of hydrogen-bond donors (Lipinski definition) is 2. The van der Waals surface area contributed by atoms with E-state index in [1.165, 1.54) is 11.3 Å². The number of phenols is 1. The number of fused-ring (bicyclic) bond motifs is 2. The van der Waals surface area contributed by atoms with Crippen LogP contribution in [0.2, 0.25) is 0 Å². The summed E-state index contributed by atoms with van der Waals surface area (Å²) in [5.74, 6) is 0.0726. The maximum Gasteiger partial charge on any atom is 0.294 e. The zero-order valence-corrected chi connectivity index (χ0v) is 19.7. The van der Waals surface area contributed by atoms with E-state index in [-0.39, 0.29) is 16.7 Å². The third kappa shape index (κ3) is 3.29. The van der Waals surface area contributed by atoms with Gasteiger partial charge in [0.15, 0.2) is 11.2 Å². The number of aromatic nitrogens is 4. The van der Waals surface area contributed by atoms with Crippen molar-refractivity contribution in [2.45, 2.75) is 70.8 Å². The number of aromatic hydroxyl groups is 1. The van der Waals surface area contributed by atoms with Crippen LogP contribution in [0.15, 0.2) is 30.5 Å². The van der Waals surface area contributed by atoms with Crippen molar-refractivity contribution in [2.75, 3.05) is 0 Å². The predicted octanol–water partition coefficient (Wildman–Crippen LogP) is 4.43. The van der Waals surface area contributed by atoms with E-state index in [2.05, 4.69) is 41.4 Å². The molecule has 2 bridgehead atoms. The summed E-state index contributed by atoms with van der Waals surface area (Å²) in [5, 5.41) is 27.6. The number of benzene rings is 1. The summed E-state index contributed by atoms with van der Waals surface area (Å²) in [4.78, 5) is 0. The summed E-state index contributed by atoms with van der Waals surface area (Å²) >= 11 is 1.21. The van der Waals surface area contributed by atoms with Crippen LogP contribution in [0, 0.1) is 12.3 Å². The van der Waals surface area contributed by atoms with E-state index in [1.54, 1.807) is 16.8 Å². The molecule has 2 aromatic heterocycles. The summed E-state index contributed by atoms with van der Waals surface area (Å²) in [6.45, 7) is 10.4. The number of rotatable bonds is 4. The van der Waals surface area contributed by atoms with E-state index in [1.807, 2.05) is 32.2 Å². The van der Waals surface area contributed by atoms with Crippen molar-refractivity contribution in [3.05, 3.63) is 36.2 Å². The minimum absolute atomic E-state index is 0.0445. The van der Waals surface area contributed by atoms with Gasteiger partial charge in [-0.05, 0) is 50.8 Å². The van der Waals surface area contributed by atoms with Gasteiger partial charge in [-0.2, -0.15) is 5.10 Å². The molecule has 2 saturated heterocycles. The van der Waals surface area contributed by atoms with Gasteiger partial charge in [0.2, 0.25) is 0 Å². The minimum atomic E-state index is -1.16. The molecular formula is C23H28FN5O2S. The molecule has 0 saturated carbocycles. The lowest BCUT2D eigenvalue weighted by atomic mass is 9.72. The van der Waals surface area contributed by atoms with Crippen molar-refractivity contribution in [1.82, 2.24) is 25.3 Å². The number of phenolic OH excluding ortho intramolecular Hbond substituents is 1. The van der Waals surface area contributed by atoms with E-state index in [0.717, 1.165) is 17.8 Å². The summed E-state index contributed by atoms with van der Waals surface area (Å²) < 4.78 is 23.2. The molecule has 32 heavy (non-hydrogen) atoms. The molecule has 0 amide bonds. The molecule has 3 aromatic rings. The van der Waals surface area contributed by atoms with Crippen LogP contribution >= 0.6 is 11.3 Å². The van der Waals surface area contributed by atoms with Gasteiger partial charge in [-0.3, -0.25) is 0 Å². The smallest absolute Gasteiger partial charge is 0.294 e. The molecule has 2 aliphatic rings. The van der Waals surface area contributed by atoms with Crippen LogP contribution in [-0.2, 0) is 0 Å². The van der Waals surface area contributed by atoms with Gasteiger partial charge in [-0.1, -0.05) is 30.3 Å². The van der Waals surface area contributed by atoms with Crippen molar-refractivity contribution >= 4 is 11.3 Å². The maximum atomic E-state index is 15.4. The highest BCUT2D eigenvalue weighted by Gasteiger charge is 2.64. The zero-order chi connectivity index (χ0) is 22.9. The first-order chi connectivity index (χ1) is 15.0. The SMILES string of the molecule is Cc1ccn(-c2ccc(-c3nnc(OC4CC5(C)NC(C)(CC5(C)C)C4F)s3)c(O)c2)n1. The normalized spacial score (nSPS) is 31.1. The number of ether oxygens (including phenoxy) is 1. The second-order valence-corrected chi connectivity index (χ2v) is 11.1. The molecule has 4 heterocycles. The van der Waals surface area contributed by atoms with Gasteiger partial charge in [0.25, 0.3) is 5.19 Å². The van der Waals surface area contributed by atoms with Crippen LogP contribution in [0.3, 0.4) is 0 Å². The molecule has 9 heteroatoms. The van der Waals surface area contributed by atoms with Crippen molar-refractivity contribution in [1.29, 1.82) is 0 Å². The van der Waals surface area contributed by atoms with Gasteiger partial charge < -0.3 is 15.2 Å². The Morgan fingerprint density at radius 2 is 2.00 bits per heavy atom. The minimum Gasteiger partial charge on any atom is -0.507 e. The fourth-order valence-corrected chi connectivity index (χ4v) is 6.15. The largest absolute Gasteiger partial charge is 0.507 e. The number of piperidine rings is 1. The third-order valence-electron chi connectivity index (χ3n) is 7.27. The van der Waals surface area contributed by atoms with Crippen molar-refractivity contribution < 1.29 is 14.2 Å². The van der Waals surface area contributed by atoms with Crippen LogP contribution in [0.1, 0.15) is 46.2 Å². The highest BCUT2D eigenvalue weighted by Crippen LogP contribution is 2.54. The molecule has 2 aliphatic heterocycles. The van der Waals surface area contributed by atoms with Crippen LogP contribution in [0.4, 0.5) is 4.39 Å². The molecular weight excluding hydrogens is 429 g/mol. The number of alkyl halides is 1. The standard InChI is InChI=1S/C23H28FN5O2S/c1-13-8-9-29(27-13)14-6-7-15(16(30)10-14)19-25-26-20(32-19)31-17-11-23(5)21(2,3)12-22(4,28-23)18(17)24/h6-10,17-18,28,30H,11-12H2,1-5H3. The second-order valence-electron chi connectivity index (χ2n) is 10.2. The van der Waals surface area contributed by atoms with Crippen molar-refractivity contribution in [3.8, 4) is 27.2 Å². The lowest BCUT2D eigenvalue weighted by Gasteiger charge is -2.46. The first-order valence-electron chi connectivity index (χ1n) is 10.8. The Morgan fingerprint density at radius 3 is 2.69 bits per heavy atom. The molecule has 4 unspecified atom stereocenters. The third-order valence-corrected chi connectivity index (χ3v) is 8.11. The Bertz CT molecular complexity index is 1170. The van der Waals surface area contributed by atoms with E-state index < -0.39 is 17.8 Å². The van der Waals surface area contributed by atoms with Gasteiger partial charge in [0.05, 0.1) is 22.5 Å². The topological polar surface area (TPSA) is 85.1 Å². The monoisotopic (exact) mass is 457 g/mol. The highest BCUT2D eigenvalue weighted by molar-refractivity contribution is 7.16. The van der Waals surface area contributed by atoms with E-state index in [4.69, 9.17) is 4.74 Å². The first kappa shape index (κ1) is 21.3. The number of nitrogens with zero attached hydrogens (tertiary/aromatic N) is 4. The average molecular weight is 458 g/mol. The fraction of sp³-hybridized carbons (Fsp3) is 0.522. The van der Waals surface area contributed by atoms with Crippen LogP contribution in [0.25, 0.3) is 16.3 Å². The summed E-state index contributed by atoms with van der Waals surface area (Å²) in [5.41, 5.74) is 1.29. The first-order valence-corrected chi connectivity index (χ1v) is 11.6. The molecule has 2 N–H and O–H groups in total. The Hall–Kier alpha value is -2.52. The second kappa shape index (κ2) is 6.99. The quantitative estimate of drug-likeness (QED) is 0.603. The van der Waals surface area contributed by atoms with Crippen molar-refractivity contribution in [3.63, 3.8) is 0 Å². The Morgan fingerprint density at radius 1 is 1.22 bits per heavy atom. The molecule has 4 atom stereocenters. The number of aryl methyl sites for hydroxylation is 1. The van der Waals surface area contributed by atoms with Crippen molar-refractivity contribution in [2.24, 2.45) is 5.41 Å². The molecule has 2 fully saturated rings. The Kier molecular flexibility index (Phi) is 4.66. The number of nitrogens with one attached hydrogen (secondary N) is 1. The average Bonchev–Trinajstić information content (AvgIpc) is 3.37. The fourth-order valence-electron chi connectivity index (χ4n) is 5.37. The van der Waals surface area contributed by atoms with Gasteiger partial charge in [0, 0.05) is 24.2 Å². The van der Waals surface area contributed by atoms with Gasteiger partial charge in [0.1, 0.15) is 11.9 Å². The molecule has 7 nitrogen and oxygen atoms in total. The van der Waals surface area contributed by atoms with E-state index in [0.29, 0.717) is 22.2 Å². The zero-order valence-electron chi connectivity index (χ0n) is 18.9. The molecule has 170 valence electrons. The molecule has 0 spiro atoms. The molecule has 1 aromatic carbocycles. The number of hydrogen-bond acceptors (Lipinski definition) is 7. The van der Waals surface area contributed by atoms with Crippen LogP contribution in [0.5, 0.6) is 10.9 Å². The van der Waals surface area contributed by atoms with E-state index in [9.17, 15) is 5.11 Å². The van der Waals surface area contributed by atoms with E-state index >= 15 is 4.39 Å². The molecule has 0 radical (unpaired) electrons.